The van der Waals surface area contributed by atoms with Crippen LogP contribution in [0.5, 0.6) is 0 Å². The van der Waals surface area contributed by atoms with Crippen molar-refractivity contribution < 1.29 is 24.4 Å². The van der Waals surface area contributed by atoms with Gasteiger partial charge in [-0.1, -0.05) is 7.92 Å². The number of aliphatic hydroxyl groups is 2. The molecule has 2 N–H and O–H groups in total. The number of aliphatic hydroxyl groups excluding tert-OH is 2. The van der Waals surface area contributed by atoms with E-state index in [0.29, 0.717) is 13.2 Å². The molecule has 4 aliphatic heterocycles. The van der Waals surface area contributed by atoms with E-state index in [0.717, 1.165) is 25.6 Å². The van der Waals surface area contributed by atoms with Gasteiger partial charge in [0.15, 0.2) is 6.29 Å². The first-order valence-corrected chi connectivity index (χ1v) is 8.31. The Labute approximate surface area is 107 Å². The summed E-state index contributed by atoms with van der Waals surface area (Å²) in [6.07, 6.45) is 1.53. The normalized spacial score (nSPS) is 59.0. The first-order chi connectivity index (χ1) is 8.73. The van der Waals surface area contributed by atoms with Gasteiger partial charge in [-0.3, -0.25) is 0 Å². The zero-order chi connectivity index (χ0) is 12.3. The van der Waals surface area contributed by atoms with Crippen molar-refractivity contribution in [3.05, 3.63) is 0 Å². The standard InChI is InChI=1S/C12H19O5P/c13-8-6-18(10-7(8)1-3-15-10)12-2-4-16-11(12)17-5-9(12)14/h7-11,13-14H,1-6H2/t7-,8-,9?,10+,11-,12-,18?/m1/s1. The molecule has 0 spiro atoms. The average Bonchev–Trinajstić information content (AvgIpc) is 3.04. The monoisotopic (exact) mass is 274 g/mol. The van der Waals surface area contributed by atoms with Crippen LogP contribution in [0.3, 0.4) is 0 Å². The molecule has 102 valence electrons. The Morgan fingerprint density at radius 3 is 2.89 bits per heavy atom. The van der Waals surface area contributed by atoms with E-state index >= 15 is 0 Å². The molecule has 5 nitrogen and oxygen atoms in total. The number of rotatable bonds is 1. The lowest BCUT2D eigenvalue weighted by molar-refractivity contribution is -0.0874. The Balaban J connectivity index is 1.69. The van der Waals surface area contributed by atoms with Crippen molar-refractivity contribution in [3.8, 4) is 0 Å². The number of fused-ring (bicyclic) bond motifs is 2. The minimum atomic E-state index is -0.599. The molecule has 0 bridgehead atoms. The minimum absolute atomic E-state index is 0.135. The molecule has 4 aliphatic rings. The zero-order valence-corrected chi connectivity index (χ0v) is 11.1. The second-order valence-electron chi connectivity index (χ2n) is 5.73. The van der Waals surface area contributed by atoms with Crippen LogP contribution in [0.15, 0.2) is 0 Å². The third-order valence-electron chi connectivity index (χ3n) is 4.99. The molecular weight excluding hydrogens is 255 g/mol. The summed E-state index contributed by atoms with van der Waals surface area (Å²) in [5.41, 5.74) is 0. The van der Waals surface area contributed by atoms with Gasteiger partial charge in [-0.15, -0.1) is 0 Å². The van der Waals surface area contributed by atoms with Crippen LogP contribution in [-0.2, 0) is 14.2 Å². The van der Waals surface area contributed by atoms with Gasteiger partial charge < -0.3 is 24.4 Å². The van der Waals surface area contributed by atoms with Gasteiger partial charge in [0.25, 0.3) is 0 Å². The summed E-state index contributed by atoms with van der Waals surface area (Å²) in [6, 6.07) is 0. The van der Waals surface area contributed by atoms with E-state index in [1.165, 1.54) is 0 Å². The van der Waals surface area contributed by atoms with Crippen LogP contribution in [0.2, 0.25) is 0 Å². The SMILES string of the molecule is OC1CO[C@H]2OCC[C@@]12P1C[C@@H](O)[C@H]2CCO[C@H]21. The molecule has 0 aromatic heterocycles. The number of ether oxygens (including phenoxy) is 3. The smallest absolute Gasteiger partial charge is 0.169 e. The van der Waals surface area contributed by atoms with E-state index in [9.17, 15) is 10.2 Å². The third-order valence-corrected chi connectivity index (χ3v) is 8.70. The second-order valence-corrected chi connectivity index (χ2v) is 8.37. The molecule has 4 fully saturated rings. The lowest BCUT2D eigenvalue weighted by atomic mass is 10.0. The highest BCUT2D eigenvalue weighted by molar-refractivity contribution is 7.60. The van der Waals surface area contributed by atoms with Gasteiger partial charge in [-0.2, -0.15) is 0 Å². The van der Waals surface area contributed by atoms with Crippen LogP contribution in [0.1, 0.15) is 12.8 Å². The summed E-state index contributed by atoms with van der Waals surface area (Å²) in [6.45, 7) is 1.74. The van der Waals surface area contributed by atoms with Gasteiger partial charge in [0, 0.05) is 12.5 Å². The lowest BCUT2D eigenvalue weighted by Gasteiger charge is -2.38. The quantitative estimate of drug-likeness (QED) is 0.663. The zero-order valence-electron chi connectivity index (χ0n) is 10.2. The molecule has 0 radical (unpaired) electrons. The van der Waals surface area contributed by atoms with Gasteiger partial charge >= 0.3 is 0 Å². The Bertz CT molecular complexity index is 353. The van der Waals surface area contributed by atoms with Crippen molar-refractivity contribution in [3.63, 3.8) is 0 Å². The maximum atomic E-state index is 10.4. The molecule has 0 amide bonds. The van der Waals surface area contributed by atoms with Gasteiger partial charge in [-0.05, 0) is 19.0 Å². The fourth-order valence-corrected chi connectivity index (χ4v) is 8.09. The van der Waals surface area contributed by atoms with E-state index in [4.69, 9.17) is 14.2 Å². The molecule has 2 unspecified atom stereocenters. The molecule has 4 rings (SSSR count). The molecule has 4 heterocycles. The fourth-order valence-electron chi connectivity index (χ4n) is 4.04. The van der Waals surface area contributed by atoms with Crippen molar-refractivity contribution in [2.75, 3.05) is 26.0 Å². The summed E-state index contributed by atoms with van der Waals surface area (Å²) in [4.78, 5) is 0. The van der Waals surface area contributed by atoms with Crippen molar-refractivity contribution in [1.29, 1.82) is 0 Å². The van der Waals surface area contributed by atoms with Gasteiger partial charge in [-0.25, -0.2) is 0 Å². The van der Waals surface area contributed by atoms with Crippen molar-refractivity contribution >= 4 is 7.92 Å². The largest absolute Gasteiger partial charge is 0.392 e. The Hall–Kier alpha value is 0.230. The predicted molar refractivity (Wildman–Crippen MR) is 64.7 cm³/mol. The van der Waals surface area contributed by atoms with Crippen LogP contribution in [0.4, 0.5) is 0 Å². The first-order valence-electron chi connectivity index (χ1n) is 6.71. The summed E-state index contributed by atoms with van der Waals surface area (Å²) in [7, 11) is -0.599. The summed E-state index contributed by atoms with van der Waals surface area (Å²) in [5, 5.41) is 20.3. The average molecular weight is 274 g/mol. The molecule has 7 atom stereocenters. The maximum Gasteiger partial charge on any atom is 0.169 e. The van der Waals surface area contributed by atoms with Crippen LogP contribution in [0, 0.1) is 5.92 Å². The minimum Gasteiger partial charge on any atom is -0.392 e. The molecule has 0 aliphatic carbocycles. The topological polar surface area (TPSA) is 68.2 Å². The first kappa shape index (κ1) is 12.0. The van der Waals surface area contributed by atoms with Crippen LogP contribution < -0.4 is 0 Å². The second kappa shape index (κ2) is 4.11. The highest BCUT2D eigenvalue weighted by Gasteiger charge is 2.65. The molecule has 6 heteroatoms. The van der Waals surface area contributed by atoms with E-state index in [-0.39, 0.29) is 29.3 Å². The molecule has 0 aromatic rings. The number of hydrogen-bond donors (Lipinski definition) is 2. The van der Waals surface area contributed by atoms with Crippen LogP contribution >= 0.6 is 7.92 Å². The molecular formula is C12H19O5P. The van der Waals surface area contributed by atoms with E-state index < -0.39 is 14.0 Å². The fraction of sp³-hybridized carbons (Fsp3) is 1.00. The molecule has 0 saturated carbocycles. The van der Waals surface area contributed by atoms with Crippen molar-refractivity contribution in [2.24, 2.45) is 5.92 Å². The molecule has 18 heavy (non-hydrogen) atoms. The van der Waals surface area contributed by atoms with Crippen molar-refractivity contribution in [1.82, 2.24) is 0 Å². The van der Waals surface area contributed by atoms with E-state index in [1.807, 2.05) is 0 Å². The predicted octanol–water partition coefficient (Wildman–Crippen LogP) is 0.0817. The van der Waals surface area contributed by atoms with E-state index in [1.54, 1.807) is 0 Å². The maximum absolute atomic E-state index is 10.4. The molecule has 0 aromatic carbocycles. The van der Waals surface area contributed by atoms with Crippen LogP contribution in [-0.4, -0.2) is 65.7 Å². The summed E-state index contributed by atoms with van der Waals surface area (Å²) in [5.74, 6) is 0.398. The van der Waals surface area contributed by atoms with Gasteiger partial charge in [0.1, 0.15) is 0 Å². The number of hydrogen-bond acceptors (Lipinski definition) is 5. The van der Waals surface area contributed by atoms with Gasteiger partial charge in [0.2, 0.25) is 0 Å². The van der Waals surface area contributed by atoms with Crippen molar-refractivity contribution in [2.45, 2.75) is 42.3 Å². The summed E-state index contributed by atoms with van der Waals surface area (Å²) >= 11 is 0. The Morgan fingerprint density at radius 2 is 2.00 bits per heavy atom. The lowest BCUT2D eigenvalue weighted by Crippen LogP contribution is -2.44. The Morgan fingerprint density at radius 1 is 1.11 bits per heavy atom. The molecule has 4 saturated heterocycles. The Kier molecular flexibility index (Phi) is 2.74. The highest BCUT2D eigenvalue weighted by Crippen LogP contribution is 2.69. The van der Waals surface area contributed by atoms with Crippen LogP contribution in [0.25, 0.3) is 0 Å². The summed E-state index contributed by atoms with van der Waals surface area (Å²) < 4.78 is 17.1. The highest BCUT2D eigenvalue weighted by atomic mass is 31.1. The van der Waals surface area contributed by atoms with Gasteiger partial charge in [0.05, 0.1) is 36.4 Å². The van der Waals surface area contributed by atoms with E-state index in [2.05, 4.69) is 0 Å². The third kappa shape index (κ3) is 1.38.